The van der Waals surface area contributed by atoms with Crippen molar-refractivity contribution in [2.45, 2.75) is 59.7 Å². The van der Waals surface area contributed by atoms with Crippen LogP contribution in [0.1, 0.15) is 78.3 Å². The van der Waals surface area contributed by atoms with Crippen molar-refractivity contribution in [3.8, 4) is 0 Å². The number of amides is 2. The summed E-state index contributed by atoms with van der Waals surface area (Å²) in [6.07, 6.45) is 2.80. The maximum absolute atomic E-state index is 12.3. The van der Waals surface area contributed by atoms with Crippen molar-refractivity contribution in [2.24, 2.45) is 10.1 Å². The molecule has 0 aromatic heterocycles. The molecule has 0 radical (unpaired) electrons. The maximum Gasteiger partial charge on any atom is 0.338 e. The monoisotopic (exact) mass is 1000 g/mol. The summed E-state index contributed by atoms with van der Waals surface area (Å²) in [5, 5.41) is 23.6. The van der Waals surface area contributed by atoms with Crippen LogP contribution in [0, 0.1) is 0 Å². The van der Waals surface area contributed by atoms with Crippen molar-refractivity contribution in [3.05, 3.63) is 119 Å². The smallest absolute Gasteiger partial charge is 0.338 e. The molecule has 0 bridgehead atoms. The molecular weight excluding hydrogens is 945 g/mol. The quantitative estimate of drug-likeness (QED) is 0.0372. The summed E-state index contributed by atoms with van der Waals surface area (Å²) in [5.41, 5.74) is 13.6. The van der Waals surface area contributed by atoms with Gasteiger partial charge in [0, 0.05) is 5.69 Å². The molecule has 22 nitrogen and oxygen atoms in total. The average Bonchev–Trinajstić information content (AvgIpc) is 4.01. The van der Waals surface area contributed by atoms with Gasteiger partial charge < -0.3 is 19.9 Å². The number of amidine groups is 1. The Kier molecular flexibility index (Phi) is 23.4. The number of nitrogens with zero attached hydrogens (tertiary/aromatic N) is 4. The third-order valence-corrected chi connectivity index (χ3v) is 10.8. The number of ether oxygens (including phenoxy) is 3. The van der Waals surface area contributed by atoms with E-state index in [0.717, 1.165) is 24.0 Å². The highest BCUT2D eigenvalue weighted by Gasteiger charge is 2.28. The summed E-state index contributed by atoms with van der Waals surface area (Å²) in [4.78, 5) is 59.3. The third-order valence-electron chi connectivity index (χ3n) is 8.93. The second-order valence-electron chi connectivity index (χ2n) is 14.5. The van der Waals surface area contributed by atoms with E-state index in [4.69, 9.17) is 35.0 Å². The van der Waals surface area contributed by atoms with Gasteiger partial charge >= 0.3 is 11.9 Å². The van der Waals surface area contributed by atoms with E-state index in [-0.39, 0.29) is 49.8 Å². The summed E-state index contributed by atoms with van der Waals surface area (Å²) in [6, 6.07) is 27.3. The Bertz CT molecular complexity index is 2560. The van der Waals surface area contributed by atoms with Crippen LogP contribution in [0.15, 0.2) is 107 Å². The van der Waals surface area contributed by atoms with Crippen LogP contribution in [-0.4, -0.2) is 105 Å². The van der Waals surface area contributed by atoms with Gasteiger partial charge in [-0.2, -0.15) is 13.4 Å². The summed E-state index contributed by atoms with van der Waals surface area (Å²) in [7, 11) is -6.21. The third kappa shape index (κ3) is 20.9. The molecule has 6 N–H and O–H groups in total. The molecule has 24 heteroatoms. The largest absolute Gasteiger partial charge is 0.480 e. The lowest BCUT2D eigenvalue weighted by atomic mass is 10.2. The van der Waals surface area contributed by atoms with E-state index in [2.05, 4.69) is 25.3 Å². The van der Waals surface area contributed by atoms with Crippen LogP contribution in [0.25, 0.3) is 0 Å². The van der Waals surface area contributed by atoms with Gasteiger partial charge in [0.2, 0.25) is 5.90 Å². The van der Waals surface area contributed by atoms with Gasteiger partial charge in [0.15, 0.2) is 0 Å². The highest BCUT2D eigenvalue weighted by atomic mass is 32.2. The Morgan fingerprint density at radius 2 is 1.19 bits per heavy atom. The van der Waals surface area contributed by atoms with Gasteiger partial charge in [-0.1, -0.05) is 24.3 Å². The number of hydrogen-bond donors (Lipinski definition) is 5. The first-order valence-corrected chi connectivity index (χ1v) is 24.8. The predicted molar refractivity (Wildman–Crippen MR) is 256 cm³/mol. The van der Waals surface area contributed by atoms with E-state index >= 15 is 0 Å². The molecule has 0 spiro atoms. The minimum absolute atomic E-state index is 0.0795. The molecule has 7 rings (SSSR count). The molecule has 0 aliphatic carbocycles. The highest BCUT2D eigenvalue weighted by molar-refractivity contribution is 7.91. The second kappa shape index (κ2) is 28.5. The van der Waals surface area contributed by atoms with Crippen molar-refractivity contribution >= 4 is 78.2 Å². The molecule has 374 valence electrons. The number of benzene rings is 4. The van der Waals surface area contributed by atoms with E-state index in [9.17, 15) is 36.0 Å². The van der Waals surface area contributed by atoms with Gasteiger partial charge in [0.1, 0.15) is 35.3 Å². The lowest BCUT2D eigenvalue weighted by Gasteiger charge is -2.16. The number of nitrogens with two attached hydrogens (primary N) is 1. The lowest BCUT2D eigenvalue weighted by Crippen LogP contribution is -2.35. The Morgan fingerprint density at radius 3 is 1.61 bits per heavy atom. The number of nitrogen functional groups attached to an aromatic ring is 1. The summed E-state index contributed by atoms with van der Waals surface area (Å²) in [5.74, 6) is 0.842. The van der Waals surface area contributed by atoms with Crippen molar-refractivity contribution in [1.29, 1.82) is 0 Å². The Morgan fingerprint density at radius 1 is 0.725 bits per heavy atom. The van der Waals surface area contributed by atoms with Crippen LogP contribution < -0.4 is 21.2 Å². The molecule has 4 aromatic rings. The van der Waals surface area contributed by atoms with Gasteiger partial charge in [-0.15, -0.1) is 5.10 Å². The first kappa shape index (κ1) is 56.5. The number of carbonyl (C=O) groups excluding carboxylic acids is 4. The zero-order valence-corrected chi connectivity index (χ0v) is 40.0. The molecule has 2 saturated heterocycles. The molecule has 0 saturated carbocycles. The van der Waals surface area contributed by atoms with Gasteiger partial charge in [-0.25, -0.2) is 37.8 Å². The standard InChI is InChI=1S/C19H19N3O5.C12H14N2O4.C9H11NO2.C4H8O2S.CH4O3S/c1-2-26-19(24)14-5-7-15(8-6-14)20-17-11-18(23)22(21-17)16-9-3-13(4-10-16)12-27-25;1-2-17-11-7-12(15)14(13-11)10-5-3-9(4-6-10)8-18-16;1-2-12-9(11)7-3-5-8(10)6-4-7;5-7(6)3-1-2-4-7;1-5(2,3)4/h3-10,25H,2,11-12H2,1H3,(H,20,21);3-6,16H,2,7-8H2,1H3;3-6H,2,10H2,1H3;1-4H2;1H3,(H,2,3,4). The molecule has 2 fully saturated rings. The SMILES string of the molecule is CCOC(=O)c1ccc(N)cc1.CCOC(=O)c1ccc(N=C2CC(=O)N(c3ccc(COO)cc3)N2)cc1.CCOC1=NN(c2ccc(COO)cc2)C(=O)C1.CS(=O)(=O)O.O=S1(=O)CCCC1. The molecule has 2 amide bonds. The first-order valence-electron chi connectivity index (χ1n) is 21.1. The normalized spacial score (nSPS) is 15.1. The number of sulfone groups is 1. The second-order valence-corrected chi connectivity index (χ2v) is 18.2. The number of hydrazine groups is 1. The first-order chi connectivity index (χ1) is 32.8. The van der Waals surface area contributed by atoms with Crippen molar-refractivity contribution in [3.63, 3.8) is 0 Å². The fourth-order valence-electron chi connectivity index (χ4n) is 5.83. The van der Waals surface area contributed by atoms with E-state index in [0.29, 0.717) is 83.2 Å². The minimum Gasteiger partial charge on any atom is -0.480 e. The number of anilines is 3. The fraction of sp³-hybridized carbons (Fsp3) is 0.333. The zero-order valence-electron chi connectivity index (χ0n) is 38.3. The molecule has 3 aliphatic heterocycles. The van der Waals surface area contributed by atoms with E-state index < -0.39 is 20.0 Å². The minimum atomic E-state index is -3.67. The number of nitrogens with one attached hydrogen (secondary N) is 1. The molecule has 3 heterocycles. The number of rotatable bonds is 12. The predicted octanol–water partition coefficient (Wildman–Crippen LogP) is 5.73. The summed E-state index contributed by atoms with van der Waals surface area (Å²) >= 11 is 0. The molecule has 0 atom stereocenters. The van der Waals surface area contributed by atoms with Crippen LogP contribution in [0.3, 0.4) is 0 Å². The van der Waals surface area contributed by atoms with Gasteiger partial charge in [0.25, 0.3) is 21.9 Å². The number of aliphatic imine (C=N–C) groups is 1. The number of esters is 2. The van der Waals surface area contributed by atoms with Crippen molar-refractivity contribution in [1.82, 2.24) is 5.43 Å². The molecule has 0 unspecified atom stereocenters. The zero-order chi connectivity index (χ0) is 51.0. The fourth-order valence-corrected chi connectivity index (χ4v) is 7.32. The van der Waals surface area contributed by atoms with Crippen LogP contribution in [0.5, 0.6) is 0 Å². The van der Waals surface area contributed by atoms with Crippen molar-refractivity contribution in [2.75, 3.05) is 53.3 Å². The number of hydrazone groups is 1. The Labute approximate surface area is 399 Å². The van der Waals surface area contributed by atoms with E-state index in [1.165, 1.54) is 10.0 Å². The van der Waals surface area contributed by atoms with Crippen LogP contribution in [0.2, 0.25) is 0 Å². The van der Waals surface area contributed by atoms with E-state index in [1.807, 2.05) is 6.92 Å². The van der Waals surface area contributed by atoms with Gasteiger partial charge in [-0.3, -0.25) is 30.1 Å². The highest BCUT2D eigenvalue weighted by Crippen LogP contribution is 2.23. The van der Waals surface area contributed by atoms with E-state index in [1.54, 1.807) is 111 Å². The summed E-state index contributed by atoms with van der Waals surface area (Å²) < 4.78 is 61.7. The topological polar surface area (TPSA) is 313 Å². The van der Waals surface area contributed by atoms with Crippen LogP contribution in [-0.2, 0) is 66.7 Å². The van der Waals surface area contributed by atoms with Gasteiger partial charge in [-0.05, 0) is 118 Å². The summed E-state index contributed by atoms with van der Waals surface area (Å²) in [6.45, 7) is 6.77. The number of hydrogen-bond acceptors (Lipinski definition) is 18. The Hall–Kier alpha value is -6.80. The molecule has 69 heavy (non-hydrogen) atoms. The van der Waals surface area contributed by atoms with Gasteiger partial charge in [0.05, 0.1) is 72.2 Å². The van der Waals surface area contributed by atoms with Crippen molar-refractivity contribution < 1.29 is 75.1 Å². The maximum atomic E-state index is 12.3. The molecule has 3 aliphatic rings. The molecular formula is C45H56N6O16S2. The van der Waals surface area contributed by atoms with Crippen LogP contribution in [0.4, 0.5) is 22.7 Å². The lowest BCUT2D eigenvalue weighted by molar-refractivity contribution is -0.253. The number of carbonyl (C=O) groups is 4. The average molecular weight is 1000 g/mol. The van der Waals surface area contributed by atoms with Crippen LogP contribution >= 0.6 is 0 Å². The molecule has 4 aromatic carbocycles. The Balaban J connectivity index is 0.000000257.